The molecule has 0 aromatic carbocycles. The van der Waals surface area contributed by atoms with Gasteiger partial charge in [-0.1, -0.05) is 23.3 Å². The predicted octanol–water partition coefficient (Wildman–Crippen LogP) is 3.37. The number of nitrogens with two attached hydrogens (primary N) is 1. The van der Waals surface area contributed by atoms with E-state index in [1.165, 1.54) is 11.1 Å². The van der Waals surface area contributed by atoms with Crippen molar-refractivity contribution in [1.29, 1.82) is 0 Å². The number of hydrogen-bond acceptors (Lipinski definition) is 2. The lowest BCUT2D eigenvalue weighted by atomic mass is 10.0. The Labute approximate surface area is 98.6 Å². The average molecular weight is 218 g/mol. The quantitative estimate of drug-likeness (QED) is 0.665. The van der Waals surface area contributed by atoms with Gasteiger partial charge in [-0.3, -0.25) is 4.99 Å². The first kappa shape index (κ1) is 12.8. The van der Waals surface area contributed by atoms with Crippen molar-refractivity contribution >= 4 is 5.71 Å². The first-order valence-corrected chi connectivity index (χ1v) is 5.84. The van der Waals surface area contributed by atoms with Crippen molar-refractivity contribution in [1.82, 2.24) is 0 Å². The lowest BCUT2D eigenvalue weighted by Crippen LogP contribution is -2.10. The maximum Gasteiger partial charge on any atom is 0.0555 e. The van der Waals surface area contributed by atoms with Gasteiger partial charge in [-0.05, 0) is 46.1 Å². The van der Waals surface area contributed by atoms with Gasteiger partial charge in [0.2, 0.25) is 0 Å². The van der Waals surface area contributed by atoms with Gasteiger partial charge in [0.25, 0.3) is 0 Å². The molecule has 0 amide bonds. The van der Waals surface area contributed by atoms with Gasteiger partial charge >= 0.3 is 0 Å². The molecule has 0 atom stereocenters. The number of aliphatic imine (C=N–C) groups is 1. The first-order chi connectivity index (χ1) is 7.52. The summed E-state index contributed by atoms with van der Waals surface area (Å²) in [5.74, 6) is 0. The lowest BCUT2D eigenvalue weighted by Gasteiger charge is -2.03. The fourth-order valence-corrected chi connectivity index (χ4v) is 1.64. The third-order valence-corrected chi connectivity index (χ3v) is 3.13. The number of hydrogen-bond donors (Lipinski definition) is 1. The minimum atomic E-state index is 0.809. The van der Waals surface area contributed by atoms with Crippen molar-refractivity contribution in [3.63, 3.8) is 0 Å². The molecule has 0 spiro atoms. The van der Waals surface area contributed by atoms with Gasteiger partial charge < -0.3 is 5.73 Å². The molecule has 1 rings (SSSR count). The Morgan fingerprint density at radius 1 is 1.06 bits per heavy atom. The smallest absolute Gasteiger partial charge is 0.0555 e. The van der Waals surface area contributed by atoms with Gasteiger partial charge in [-0.25, -0.2) is 0 Å². The minimum Gasteiger partial charge on any atom is -0.397 e. The molecule has 2 N–H and O–H groups in total. The van der Waals surface area contributed by atoms with Crippen molar-refractivity contribution < 1.29 is 0 Å². The molecule has 0 unspecified atom stereocenters. The van der Waals surface area contributed by atoms with Crippen LogP contribution in [0.25, 0.3) is 0 Å². The van der Waals surface area contributed by atoms with Crippen LogP contribution in [0.1, 0.15) is 40.5 Å². The van der Waals surface area contributed by atoms with E-state index in [0.717, 1.165) is 36.4 Å². The molecule has 0 saturated carbocycles. The summed E-state index contributed by atoms with van der Waals surface area (Å²) >= 11 is 0. The van der Waals surface area contributed by atoms with Crippen LogP contribution in [0.5, 0.6) is 0 Å². The highest BCUT2D eigenvalue weighted by Crippen LogP contribution is 2.14. The molecule has 1 aliphatic rings. The average Bonchev–Trinajstić information content (AvgIpc) is 2.29. The third-order valence-electron chi connectivity index (χ3n) is 3.13. The second-order valence-corrected chi connectivity index (χ2v) is 4.46. The summed E-state index contributed by atoms with van der Waals surface area (Å²) < 4.78 is 0. The summed E-state index contributed by atoms with van der Waals surface area (Å²) in [7, 11) is 0. The van der Waals surface area contributed by atoms with E-state index >= 15 is 0 Å². The van der Waals surface area contributed by atoms with Crippen LogP contribution in [0.2, 0.25) is 0 Å². The van der Waals surface area contributed by atoms with E-state index in [1.807, 2.05) is 13.8 Å². The molecule has 1 aliphatic heterocycles. The fraction of sp³-hybridized carbons (Fsp3) is 0.500. The molecule has 1 heterocycles. The maximum atomic E-state index is 6.02. The monoisotopic (exact) mass is 218 g/mol. The van der Waals surface area contributed by atoms with Gasteiger partial charge in [0.1, 0.15) is 0 Å². The van der Waals surface area contributed by atoms with Gasteiger partial charge in [-0.15, -0.1) is 0 Å². The Morgan fingerprint density at radius 3 is 2.38 bits per heavy atom. The van der Waals surface area contributed by atoms with Gasteiger partial charge in [0.15, 0.2) is 0 Å². The molecule has 16 heavy (non-hydrogen) atoms. The van der Waals surface area contributed by atoms with Crippen LogP contribution in [0.3, 0.4) is 0 Å². The second-order valence-electron chi connectivity index (χ2n) is 4.46. The first-order valence-electron chi connectivity index (χ1n) is 5.84. The summed E-state index contributed by atoms with van der Waals surface area (Å²) in [5.41, 5.74) is 11.7. The van der Waals surface area contributed by atoms with E-state index in [-0.39, 0.29) is 0 Å². The van der Waals surface area contributed by atoms with Crippen molar-refractivity contribution in [2.24, 2.45) is 10.7 Å². The highest BCUT2D eigenvalue weighted by atomic mass is 14.8. The summed E-state index contributed by atoms with van der Waals surface area (Å²) in [4.78, 5) is 4.50. The van der Waals surface area contributed by atoms with Crippen LogP contribution in [-0.2, 0) is 0 Å². The molecule has 0 aromatic heterocycles. The predicted molar refractivity (Wildman–Crippen MR) is 71.6 cm³/mol. The number of allylic oxidation sites excluding steroid dienone is 6. The van der Waals surface area contributed by atoms with E-state index in [2.05, 4.69) is 31.0 Å². The van der Waals surface area contributed by atoms with E-state index in [0.29, 0.717) is 0 Å². The third kappa shape index (κ3) is 3.37. The van der Waals surface area contributed by atoms with Crippen molar-refractivity contribution in [3.05, 3.63) is 34.6 Å². The number of rotatable bonds is 0. The van der Waals surface area contributed by atoms with Crippen LogP contribution in [-0.4, -0.2) is 12.3 Å². The highest BCUT2D eigenvalue weighted by molar-refractivity contribution is 5.98. The van der Waals surface area contributed by atoms with Crippen LogP contribution in [0.4, 0.5) is 0 Å². The lowest BCUT2D eigenvalue weighted by molar-refractivity contribution is 0.818. The number of nitrogens with zero attached hydrogens (tertiary/aromatic N) is 1. The second kappa shape index (κ2) is 5.69. The van der Waals surface area contributed by atoms with E-state index in [9.17, 15) is 0 Å². The van der Waals surface area contributed by atoms with Crippen molar-refractivity contribution in [2.75, 3.05) is 6.54 Å². The molecule has 0 fully saturated rings. The summed E-state index contributed by atoms with van der Waals surface area (Å²) in [6.07, 6.45) is 6.45. The van der Waals surface area contributed by atoms with Crippen LogP contribution in [0, 0.1) is 0 Å². The Morgan fingerprint density at radius 2 is 1.69 bits per heavy atom. The molecule has 0 saturated heterocycles. The van der Waals surface area contributed by atoms with Crippen LogP contribution < -0.4 is 5.73 Å². The van der Waals surface area contributed by atoms with E-state index in [4.69, 9.17) is 5.73 Å². The molecule has 0 bridgehead atoms. The zero-order valence-electron chi connectivity index (χ0n) is 10.8. The maximum absolute atomic E-state index is 6.02. The normalized spacial score (nSPS) is 26.1. The molecule has 2 heteroatoms. The summed E-state index contributed by atoms with van der Waals surface area (Å²) in [5, 5.41) is 0. The van der Waals surface area contributed by atoms with Crippen molar-refractivity contribution in [3.8, 4) is 0 Å². The van der Waals surface area contributed by atoms with Gasteiger partial charge in [0.05, 0.1) is 11.4 Å². The molecular formula is C14H22N2. The van der Waals surface area contributed by atoms with Gasteiger partial charge in [-0.2, -0.15) is 0 Å². The Balaban J connectivity index is 3.08. The molecule has 0 aromatic rings. The Hall–Kier alpha value is -1.31. The zero-order chi connectivity index (χ0) is 12.1. The molecular weight excluding hydrogens is 196 g/mol. The minimum absolute atomic E-state index is 0.809. The summed E-state index contributed by atoms with van der Waals surface area (Å²) in [6.45, 7) is 9.23. The molecule has 2 nitrogen and oxygen atoms in total. The fourth-order valence-electron chi connectivity index (χ4n) is 1.64. The largest absolute Gasteiger partial charge is 0.397 e. The standard InChI is InChI=1S/C14H22N2/c1-10-6-5-9-16-13(4)14(15)12(3)8-7-11(10)2/h7-8H,5-6,9,15H2,1-4H3/b8-7+,11-10-,14-12?,16-13?. The SMILES string of the molecule is CC1=NCCC/C(C)=C(C)\C=C\C(C)=C1N. The Kier molecular flexibility index (Phi) is 4.53. The molecule has 0 aliphatic carbocycles. The van der Waals surface area contributed by atoms with Crippen LogP contribution >= 0.6 is 0 Å². The van der Waals surface area contributed by atoms with E-state index in [1.54, 1.807) is 0 Å². The van der Waals surface area contributed by atoms with Gasteiger partial charge in [0, 0.05) is 6.54 Å². The highest BCUT2D eigenvalue weighted by Gasteiger charge is 2.02. The topological polar surface area (TPSA) is 38.4 Å². The van der Waals surface area contributed by atoms with Crippen LogP contribution in [0.15, 0.2) is 39.6 Å². The van der Waals surface area contributed by atoms with E-state index < -0.39 is 0 Å². The molecule has 88 valence electrons. The molecule has 0 radical (unpaired) electrons. The zero-order valence-corrected chi connectivity index (χ0v) is 10.8. The van der Waals surface area contributed by atoms with Crippen molar-refractivity contribution in [2.45, 2.75) is 40.5 Å². The Bertz CT molecular complexity index is 382. The summed E-state index contributed by atoms with van der Waals surface area (Å²) in [6, 6.07) is 0.